The van der Waals surface area contributed by atoms with E-state index < -0.39 is 0 Å². The Morgan fingerprint density at radius 1 is 0.882 bits per heavy atom. The van der Waals surface area contributed by atoms with Gasteiger partial charge in [0.25, 0.3) is 0 Å². The molecule has 17 heavy (non-hydrogen) atoms. The van der Waals surface area contributed by atoms with Crippen molar-refractivity contribution >= 4 is 12.2 Å². The van der Waals surface area contributed by atoms with Gasteiger partial charge in [-0.25, -0.2) is 0 Å². The van der Waals surface area contributed by atoms with Crippen molar-refractivity contribution in [3.8, 4) is 0 Å². The van der Waals surface area contributed by atoms with Gasteiger partial charge < -0.3 is 0 Å². The van der Waals surface area contributed by atoms with Crippen LogP contribution in [0.5, 0.6) is 0 Å². The molecule has 85 valence electrons. The number of rotatable bonds is 3. The second kappa shape index (κ2) is 5.49. The van der Waals surface area contributed by atoms with Crippen LogP contribution in [0.2, 0.25) is 0 Å². The zero-order valence-electron chi connectivity index (χ0n) is 10.1. The second-order valence-electron chi connectivity index (χ2n) is 4.32. The van der Waals surface area contributed by atoms with Crippen molar-refractivity contribution < 1.29 is 0 Å². The summed E-state index contributed by atoms with van der Waals surface area (Å²) in [6.45, 7) is 6.16. The Morgan fingerprint density at radius 2 is 1.53 bits per heavy atom. The fraction of sp³-hybridized carbons (Fsp3) is 0.118. The largest absolute Gasteiger partial charge is 0.0622 e. The van der Waals surface area contributed by atoms with E-state index in [2.05, 4.69) is 62.4 Å². The lowest BCUT2D eigenvalue weighted by atomic mass is 10.0. The van der Waals surface area contributed by atoms with Crippen LogP contribution in [-0.4, -0.2) is 0 Å². The van der Waals surface area contributed by atoms with E-state index in [-0.39, 0.29) is 0 Å². The molecule has 1 unspecified atom stereocenters. The van der Waals surface area contributed by atoms with Crippen molar-refractivity contribution in [2.45, 2.75) is 12.8 Å². The van der Waals surface area contributed by atoms with E-state index in [1.54, 1.807) is 0 Å². The molecule has 0 N–H and O–H groups in total. The van der Waals surface area contributed by atoms with E-state index in [4.69, 9.17) is 0 Å². The Balaban J connectivity index is 2.19. The molecule has 2 aromatic rings. The van der Waals surface area contributed by atoms with Crippen LogP contribution in [0.1, 0.15) is 29.5 Å². The molecule has 0 aliphatic rings. The van der Waals surface area contributed by atoms with Gasteiger partial charge in [-0.05, 0) is 29.5 Å². The summed E-state index contributed by atoms with van der Waals surface area (Å²) in [4.78, 5) is 0. The summed E-state index contributed by atoms with van der Waals surface area (Å²) in [6, 6.07) is 18.8. The molecule has 2 aromatic carbocycles. The van der Waals surface area contributed by atoms with Gasteiger partial charge >= 0.3 is 0 Å². The van der Waals surface area contributed by atoms with E-state index in [0.717, 1.165) is 0 Å². The maximum atomic E-state index is 4.04. The van der Waals surface area contributed by atoms with Gasteiger partial charge in [0, 0.05) is 0 Å². The summed E-state index contributed by atoms with van der Waals surface area (Å²) in [5, 5.41) is 0. The predicted octanol–water partition coefficient (Wildman–Crippen LogP) is 4.79. The zero-order valence-corrected chi connectivity index (χ0v) is 10.1. The summed E-state index contributed by atoms with van der Waals surface area (Å²) in [5.41, 5.74) is 3.72. The summed E-state index contributed by atoms with van der Waals surface area (Å²) < 4.78 is 0. The monoisotopic (exact) mass is 221 g/mol. The molecule has 1 radical (unpaired) electrons. The van der Waals surface area contributed by atoms with Crippen molar-refractivity contribution in [2.75, 3.05) is 0 Å². The molecular weight excluding hydrogens is 204 g/mol. The normalized spacial score (nSPS) is 11.2. The smallest absolute Gasteiger partial charge is 0.0190 e. The molecule has 0 saturated carbocycles. The first kappa shape index (κ1) is 11.7. The molecule has 0 aromatic heterocycles. The molecule has 0 nitrogen and oxygen atoms in total. The zero-order chi connectivity index (χ0) is 12.1. The quantitative estimate of drug-likeness (QED) is 0.653. The first-order valence-corrected chi connectivity index (χ1v) is 5.92. The number of benzene rings is 2. The molecule has 0 spiro atoms. The standard InChI is InChI=1S/C17H17/c1-14(2)17-10-6-9-16(13-17)12-11-15-7-4-3-5-8-15/h3-14H,1H2,2H3. The Kier molecular flexibility index (Phi) is 3.77. The van der Waals surface area contributed by atoms with Crippen LogP contribution >= 0.6 is 0 Å². The van der Waals surface area contributed by atoms with E-state index in [1.807, 2.05) is 18.2 Å². The van der Waals surface area contributed by atoms with Gasteiger partial charge in [-0.3, -0.25) is 0 Å². The molecule has 0 saturated heterocycles. The molecule has 0 fully saturated rings. The summed E-state index contributed by atoms with van der Waals surface area (Å²) in [5.74, 6) is 0.333. The molecule has 0 heteroatoms. The van der Waals surface area contributed by atoms with Crippen LogP contribution in [-0.2, 0) is 0 Å². The summed E-state index contributed by atoms with van der Waals surface area (Å²) in [7, 11) is 0. The van der Waals surface area contributed by atoms with E-state index in [9.17, 15) is 0 Å². The third-order valence-corrected chi connectivity index (χ3v) is 2.75. The first-order chi connectivity index (χ1) is 8.25. The number of hydrogen-bond acceptors (Lipinski definition) is 0. The van der Waals surface area contributed by atoms with Crippen LogP contribution in [0, 0.1) is 6.92 Å². The molecule has 0 aliphatic heterocycles. The maximum absolute atomic E-state index is 4.04. The highest BCUT2D eigenvalue weighted by atomic mass is 14.0. The van der Waals surface area contributed by atoms with Crippen molar-refractivity contribution in [3.63, 3.8) is 0 Å². The molecule has 0 amide bonds. The topological polar surface area (TPSA) is 0 Å². The highest BCUT2D eigenvalue weighted by Crippen LogP contribution is 2.16. The van der Waals surface area contributed by atoms with E-state index in [1.165, 1.54) is 16.7 Å². The van der Waals surface area contributed by atoms with Gasteiger partial charge in [0.1, 0.15) is 0 Å². The van der Waals surface area contributed by atoms with E-state index >= 15 is 0 Å². The maximum Gasteiger partial charge on any atom is -0.0190 e. The molecule has 0 heterocycles. The molecule has 1 atom stereocenters. The van der Waals surface area contributed by atoms with Gasteiger partial charge in [0.15, 0.2) is 0 Å². The minimum absolute atomic E-state index is 0.333. The van der Waals surface area contributed by atoms with Crippen LogP contribution in [0.3, 0.4) is 0 Å². The van der Waals surface area contributed by atoms with Crippen LogP contribution in [0.25, 0.3) is 12.2 Å². The van der Waals surface area contributed by atoms with Gasteiger partial charge in [-0.15, -0.1) is 0 Å². The number of hydrogen-bond donors (Lipinski definition) is 0. The van der Waals surface area contributed by atoms with Crippen molar-refractivity contribution in [3.05, 3.63) is 78.2 Å². The fourth-order valence-electron chi connectivity index (χ4n) is 1.73. The minimum atomic E-state index is 0.333. The van der Waals surface area contributed by atoms with Crippen molar-refractivity contribution in [1.29, 1.82) is 0 Å². The van der Waals surface area contributed by atoms with Gasteiger partial charge in [0.2, 0.25) is 0 Å². The fourth-order valence-corrected chi connectivity index (χ4v) is 1.73. The van der Waals surface area contributed by atoms with Gasteiger partial charge in [0.05, 0.1) is 0 Å². The summed E-state index contributed by atoms with van der Waals surface area (Å²) in [6.07, 6.45) is 4.27. The van der Waals surface area contributed by atoms with Crippen LogP contribution < -0.4 is 0 Å². The third-order valence-electron chi connectivity index (χ3n) is 2.75. The van der Waals surface area contributed by atoms with Gasteiger partial charge in [-0.2, -0.15) is 0 Å². The van der Waals surface area contributed by atoms with Crippen LogP contribution in [0.4, 0.5) is 0 Å². The lowest BCUT2D eigenvalue weighted by molar-refractivity contribution is 0.964. The Bertz CT molecular complexity index is 492. The van der Waals surface area contributed by atoms with E-state index in [0.29, 0.717) is 5.92 Å². The predicted molar refractivity (Wildman–Crippen MR) is 75.6 cm³/mol. The van der Waals surface area contributed by atoms with Crippen molar-refractivity contribution in [1.82, 2.24) is 0 Å². The lowest BCUT2D eigenvalue weighted by Crippen LogP contribution is -1.87. The summed E-state index contributed by atoms with van der Waals surface area (Å²) >= 11 is 0. The molecule has 0 aliphatic carbocycles. The minimum Gasteiger partial charge on any atom is -0.0622 e. The molecule has 0 bridgehead atoms. The Hall–Kier alpha value is -1.82. The van der Waals surface area contributed by atoms with Crippen LogP contribution in [0.15, 0.2) is 54.6 Å². The molecular formula is C17H17. The lowest BCUT2D eigenvalue weighted by Gasteiger charge is -2.05. The average molecular weight is 221 g/mol. The first-order valence-electron chi connectivity index (χ1n) is 5.92. The average Bonchev–Trinajstić information content (AvgIpc) is 2.38. The SMILES string of the molecule is [CH2]C(C)c1cccc(C=Cc2ccccc2)c1. The van der Waals surface area contributed by atoms with Gasteiger partial charge in [-0.1, -0.05) is 73.7 Å². The Morgan fingerprint density at radius 3 is 2.24 bits per heavy atom. The second-order valence-corrected chi connectivity index (χ2v) is 4.32. The third kappa shape index (κ3) is 3.32. The Labute approximate surface area is 104 Å². The molecule has 2 rings (SSSR count). The van der Waals surface area contributed by atoms with Crippen molar-refractivity contribution in [2.24, 2.45) is 0 Å². The highest BCUT2D eigenvalue weighted by Gasteiger charge is 1.98. The highest BCUT2D eigenvalue weighted by molar-refractivity contribution is 5.69.